The Bertz CT molecular complexity index is 1290. The van der Waals surface area contributed by atoms with Crippen LogP contribution in [0.4, 0.5) is 11.4 Å². The van der Waals surface area contributed by atoms with Crippen molar-refractivity contribution in [1.29, 1.82) is 0 Å². The average molecular weight is 430 g/mol. The maximum absolute atomic E-state index is 12.9. The first-order valence-corrected chi connectivity index (χ1v) is 11.0. The van der Waals surface area contributed by atoms with E-state index >= 15 is 0 Å². The lowest BCUT2D eigenvalue weighted by molar-refractivity contribution is 0.102. The molecule has 0 saturated heterocycles. The second kappa shape index (κ2) is 8.81. The predicted molar refractivity (Wildman–Crippen MR) is 121 cm³/mol. The Hall–Kier alpha value is -3.97. The van der Waals surface area contributed by atoms with Gasteiger partial charge in [-0.3, -0.25) is 14.5 Å². The van der Waals surface area contributed by atoms with Crippen LogP contribution in [-0.2, 0) is 10.0 Å². The van der Waals surface area contributed by atoms with Crippen LogP contribution in [0.25, 0.3) is 11.1 Å². The summed E-state index contributed by atoms with van der Waals surface area (Å²) in [5.41, 5.74) is 2.93. The zero-order valence-electron chi connectivity index (χ0n) is 16.4. The molecule has 0 aliphatic carbocycles. The van der Waals surface area contributed by atoms with Crippen LogP contribution in [0.3, 0.4) is 0 Å². The number of carbonyl (C=O) groups excluding carboxylic acids is 1. The van der Waals surface area contributed by atoms with Gasteiger partial charge in [0.25, 0.3) is 15.9 Å². The quantitative estimate of drug-likeness (QED) is 0.461. The van der Waals surface area contributed by atoms with Crippen LogP contribution >= 0.6 is 0 Å². The minimum atomic E-state index is -3.82. The molecule has 4 rings (SSSR count). The molecule has 6 nitrogen and oxygen atoms in total. The molecule has 0 radical (unpaired) electrons. The van der Waals surface area contributed by atoms with E-state index in [4.69, 9.17) is 0 Å². The molecule has 1 amide bonds. The molecule has 1 aromatic heterocycles. The summed E-state index contributed by atoms with van der Waals surface area (Å²) in [6, 6.07) is 27.8. The van der Waals surface area contributed by atoms with Crippen molar-refractivity contribution in [1.82, 2.24) is 4.98 Å². The van der Waals surface area contributed by atoms with E-state index in [2.05, 4.69) is 15.0 Å². The molecule has 0 atom stereocenters. The van der Waals surface area contributed by atoms with E-state index in [9.17, 15) is 13.2 Å². The zero-order chi connectivity index (χ0) is 21.7. The van der Waals surface area contributed by atoms with Gasteiger partial charge in [0, 0.05) is 17.4 Å². The molecule has 1 heterocycles. The minimum Gasteiger partial charge on any atom is -0.321 e. The number of nitrogens with zero attached hydrogens (tertiary/aromatic N) is 1. The summed E-state index contributed by atoms with van der Waals surface area (Å²) in [5.74, 6) is -0.369. The molecule has 0 bridgehead atoms. The molecule has 3 aromatic carbocycles. The standard InChI is InChI=1S/C24H19N3O3S/c28-24(23-12-6-7-17-25-23)26-19-13-15-20(16-14-19)31(29,30)27-22-11-5-4-10-21(22)18-8-2-1-3-9-18/h1-17,27H,(H,26,28). The lowest BCUT2D eigenvalue weighted by atomic mass is 10.0. The van der Waals surface area contributed by atoms with Crippen molar-refractivity contribution in [2.75, 3.05) is 10.0 Å². The Morgan fingerprint density at radius 1 is 0.742 bits per heavy atom. The number of benzene rings is 3. The number of aromatic nitrogens is 1. The van der Waals surface area contributed by atoms with E-state index in [1.54, 1.807) is 42.5 Å². The third-order valence-electron chi connectivity index (χ3n) is 4.58. The number of rotatable bonds is 6. The van der Waals surface area contributed by atoms with E-state index < -0.39 is 10.0 Å². The fourth-order valence-corrected chi connectivity index (χ4v) is 4.13. The average Bonchev–Trinajstić information content (AvgIpc) is 2.81. The van der Waals surface area contributed by atoms with E-state index in [1.165, 1.54) is 18.3 Å². The summed E-state index contributed by atoms with van der Waals surface area (Å²) in [5, 5.41) is 2.70. The Morgan fingerprint density at radius 3 is 2.13 bits per heavy atom. The summed E-state index contributed by atoms with van der Waals surface area (Å²) in [6.07, 6.45) is 1.53. The molecular weight excluding hydrogens is 410 g/mol. The van der Waals surface area contributed by atoms with E-state index in [0.717, 1.165) is 11.1 Å². The van der Waals surface area contributed by atoms with Crippen LogP contribution in [0.1, 0.15) is 10.5 Å². The predicted octanol–water partition coefficient (Wildman–Crippen LogP) is 4.80. The van der Waals surface area contributed by atoms with Gasteiger partial charge < -0.3 is 5.32 Å². The topological polar surface area (TPSA) is 88.2 Å². The second-order valence-corrected chi connectivity index (χ2v) is 8.39. The number of amides is 1. The van der Waals surface area contributed by atoms with E-state index in [1.807, 2.05) is 42.5 Å². The van der Waals surface area contributed by atoms with Crippen molar-refractivity contribution in [3.63, 3.8) is 0 Å². The molecular formula is C24H19N3O3S. The van der Waals surface area contributed by atoms with Crippen LogP contribution in [-0.4, -0.2) is 19.3 Å². The first kappa shape index (κ1) is 20.3. The van der Waals surface area contributed by atoms with Crippen molar-refractivity contribution in [2.45, 2.75) is 4.90 Å². The minimum absolute atomic E-state index is 0.0891. The second-order valence-electron chi connectivity index (χ2n) is 6.71. The molecule has 0 unspecified atom stereocenters. The van der Waals surface area contributed by atoms with Crippen LogP contribution in [0.5, 0.6) is 0 Å². The fourth-order valence-electron chi connectivity index (χ4n) is 3.05. The molecule has 2 N–H and O–H groups in total. The smallest absolute Gasteiger partial charge is 0.274 e. The maximum atomic E-state index is 12.9. The van der Waals surface area contributed by atoms with Gasteiger partial charge in [-0.15, -0.1) is 0 Å². The molecule has 0 fully saturated rings. The van der Waals surface area contributed by atoms with Gasteiger partial charge in [-0.2, -0.15) is 0 Å². The molecule has 4 aromatic rings. The monoisotopic (exact) mass is 429 g/mol. The highest BCUT2D eigenvalue weighted by Crippen LogP contribution is 2.29. The van der Waals surface area contributed by atoms with Crippen LogP contribution in [0.2, 0.25) is 0 Å². The van der Waals surface area contributed by atoms with Gasteiger partial charge in [0.05, 0.1) is 10.6 Å². The highest BCUT2D eigenvalue weighted by molar-refractivity contribution is 7.92. The van der Waals surface area contributed by atoms with Crippen molar-refractivity contribution in [3.05, 3.63) is 109 Å². The Balaban J connectivity index is 1.53. The van der Waals surface area contributed by atoms with Gasteiger partial charge in [-0.1, -0.05) is 54.6 Å². The first-order chi connectivity index (χ1) is 15.0. The summed E-state index contributed by atoms with van der Waals surface area (Å²) in [7, 11) is -3.82. The number of anilines is 2. The largest absolute Gasteiger partial charge is 0.321 e. The van der Waals surface area contributed by atoms with Gasteiger partial charge in [0.2, 0.25) is 0 Å². The number of hydrogen-bond acceptors (Lipinski definition) is 4. The zero-order valence-corrected chi connectivity index (χ0v) is 17.2. The third kappa shape index (κ3) is 4.79. The molecule has 7 heteroatoms. The molecule has 0 saturated carbocycles. The number of sulfonamides is 1. The van der Waals surface area contributed by atoms with Gasteiger partial charge in [-0.05, 0) is 48.0 Å². The summed E-state index contributed by atoms with van der Waals surface area (Å²) >= 11 is 0. The fraction of sp³-hybridized carbons (Fsp3) is 0. The van der Waals surface area contributed by atoms with Crippen molar-refractivity contribution < 1.29 is 13.2 Å². The van der Waals surface area contributed by atoms with Gasteiger partial charge in [-0.25, -0.2) is 8.42 Å². The van der Waals surface area contributed by atoms with Crippen LogP contribution in [0, 0.1) is 0 Å². The third-order valence-corrected chi connectivity index (χ3v) is 5.96. The number of nitrogens with one attached hydrogen (secondary N) is 2. The van der Waals surface area contributed by atoms with E-state index in [-0.39, 0.29) is 16.5 Å². The number of pyridine rings is 1. The highest BCUT2D eigenvalue weighted by atomic mass is 32.2. The number of hydrogen-bond donors (Lipinski definition) is 2. The van der Waals surface area contributed by atoms with Gasteiger partial charge in [0.1, 0.15) is 5.69 Å². The summed E-state index contributed by atoms with van der Waals surface area (Å²) < 4.78 is 28.5. The summed E-state index contributed by atoms with van der Waals surface area (Å²) in [4.78, 5) is 16.3. The Morgan fingerprint density at radius 2 is 1.42 bits per heavy atom. The van der Waals surface area contributed by atoms with Crippen LogP contribution < -0.4 is 10.0 Å². The van der Waals surface area contributed by atoms with Crippen LogP contribution in [0.15, 0.2) is 108 Å². The highest BCUT2D eigenvalue weighted by Gasteiger charge is 2.17. The van der Waals surface area contributed by atoms with Crippen molar-refractivity contribution >= 4 is 27.3 Å². The maximum Gasteiger partial charge on any atom is 0.274 e. The molecule has 31 heavy (non-hydrogen) atoms. The number of para-hydroxylation sites is 1. The molecule has 0 aliphatic heterocycles. The lowest BCUT2D eigenvalue weighted by Crippen LogP contribution is -2.15. The lowest BCUT2D eigenvalue weighted by Gasteiger charge is -2.13. The molecule has 0 spiro atoms. The summed E-state index contributed by atoms with van der Waals surface area (Å²) in [6.45, 7) is 0. The number of carbonyl (C=O) groups is 1. The molecule has 154 valence electrons. The normalized spacial score (nSPS) is 11.0. The SMILES string of the molecule is O=C(Nc1ccc(S(=O)(=O)Nc2ccccc2-c2ccccc2)cc1)c1ccccn1. The Labute approximate surface area is 180 Å². The van der Waals surface area contributed by atoms with Crippen molar-refractivity contribution in [2.24, 2.45) is 0 Å². The van der Waals surface area contributed by atoms with Gasteiger partial charge in [0.15, 0.2) is 0 Å². The van der Waals surface area contributed by atoms with Crippen molar-refractivity contribution in [3.8, 4) is 11.1 Å². The molecule has 0 aliphatic rings. The first-order valence-electron chi connectivity index (χ1n) is 9.53. The van der Waals surface area contributed by atoms with E-state index in [0.29, 0.717) is 11.4 Å². The van der Waals surface area contributed by atoms with Gasteiger partial charge >= 0.3 is 0 Å². The Kier molecular flexibility index (Phi) is 5.77.